The number of nitrogens with zero attached hydrogens (tertiary/aromatic N) is 4. The number of amides is 3. The number of hydrogen-bond donors (Lipinski definition) is 1. The molecule has 178 valence electrons. The minimum Gasteiger partial charge on any atom is -0.322 e. The number of carbonyl (C=O) groups excluding carboxylic acids is 3. The van der Waals surface area contributed by atoms with E-state index in [1.807, 2.05) is 19.1 Å². The van der Waals surface area contributed by atoms with Crippen molar-refractivity contribution in [2.45, 2.75) is 45.3 Å². The number of benzene rings is 1. The first kappa shape index (κ1) is 22.1. The van der Waals surface area contributed by atoms with E-state index in [0.717, 1.165) is 58.9 Å². The average molecular weight is 488 g/mol. The number of aryl methyl sites for hydroxylation is 1. The second-order valence-corrected chi connectivity index (χ2v) is 10.3. The molecule has 8 nitrogen and oxygen atoms in total. The highest BCUT2D eigenvalue weighted by Gasteiger charge is 2.39. The number of imide groups is 1. The van der Waals surface area contributed by atoms with E-state index in [-0.39, 0.29) is 24.1 Å². The summed E-state index contributed by atoms with van der Waals surface area (Å²) in [6.45, 7) is 4.90. The number of thiophene rings is 1. The first-order chi connectivity index (χ1) is 17.0. The van der Waals surface area contributed by atoms with Gasteiger partial charge >= 0.3 is 0 Å². The lowest BCUT2D eigenvalue weighted by molar-refractivity contribution is -0.136. The minimum atomic E-state index is -0.582. The quantitative estimate of drug-likeness (QED) is 0.569. The van der Waals surface area contributed by atoms with Gasteiger partial charge in [-0.05, 0) is 54.0 Å². The molecule has 3 aromatic rings. The van der Waals surface area contributed by atoms with Crippen molar-refractivity contribution in [1.82, 2.24) is 25.1 Å². The molecule has 3 amide bonds. The number of piperidine rings is 1. The summed E-state index contributed by atoms with van der Waals surface area (Å²) in [5.41, 5.74) is 5.07. The molecule has 6 rings (SSSR count). The standard InChI is InChI=1S/C26H25N5O3S/c1-15-27-23(20-8-11-35-25(20)28-15)17-6-9-30(10-7-17)13-16-2-3-19-18(12-16)14-31(26(19)34)21-4-5-22(32)29-24(21)33/h2-3,6,8,11-12,21H,4-5,7,9-10,13-14H2,1H3,(H,29,32,33). The molecule has 0 bridgehead atoms. The van der Waals surface area contributed by atoms with Gasteiger partial charge in [0.15, 0.2) is 0 Å². The van der Waals surface area contributed by atoms with Crippen LogP contribution >= 0.6 is 11.3 Å². The molecular weight excluding hydrogens is 462 g/mol. The summed E-state index contributed by atoms with van der Waals surface area (Å²) in [4.78, 5) is 51.0. The fourth-order valence-electron chi connectivity index (χ4n) is 5.26. The van der Waals surface area contributed by atoms with Gasteiger partial charge < -0.3 is 4.90 Å². The van der Waals surface area contributed by atoms with E-state index in [0.29, 0.717) is 18.5 Å². The van der Waals surface area contributed by atoms with Crippen LogP contribution in [0.3, 0.4) is 0 Å². The van der Waals surface area contributed by atoms with Gasteiger partial charge in [0.2, 0.25) is 11.8 Å². The zero-order valence-corrected chi connectivity index (χ0v) is 20.2. The lowest BCUT2D eigenvalue weighted by Crippen LogP contribution is -2.52. The number of aromatic nitrogens is 2. The number of nitrogens with one attached hydrogen (secondary N) is 1. The number of fused-ring (bicyclic) bond motifs is 2. The first-order valence-corrected chi connectivity index (χ1v) is 12.7. The monoisotopic (exact) mass is 487 g/mol. The SMILES string of the molecule is Cc1nc(C2=CCN(Cc3ccc4c(c3)CN(C3CCC(=O)NC3=O)C4=O)CC2)c2ccsc2n1. The topological polar surface area (TPSA) is 95.5 Å². The van der Waals surface area contributed by atoms with E-state index in [1.54, 1.807) is 16.2 Å². The van der Waals surface area contributed by atoms with Crippen molar-refractivity contribution in [2.24, 2.45) is 0 Å². The first-order valence-electron chi connectivity index (χ1n) is 11.9. The zero-order valence-electron chi connectivity index (χ0n) is 19.4. The van der Waals surface area contributed by atoms with Crippen LogP contribution in [0.15, 0.2) is 35.7 Å². The average Bonchev–Trinajstić information content (AvgIpc) is 3.43. The molecular formula is C26H25N5O3S. The third kappa shape index (κ3) is 4.04. The Morgan fingerprint density at radius 2 is 2.03 bits per heavy atom. The van der Waals surface area contributed by atoms with Gasteiger partial charge in [0.1, 0.15) is 16.7 Å². The molecule has 1 unspecified atom stereocenters. The van der Waals surface area contributed by atoms with Crippen molar-refractivity contribution in [3.8, 4) is 0 Å². The molecule has 1 fully saturated rings. The molecule has 0 spiro atoms. The maximum atomic E-state index is 12.9. The van der Waals surface area contributed by atoms with Gasteiger partial charge in [-0.2, -0.15) is 0 Å². The minimum absolute atomic E-state index is 0.133. The fourth-order valence-corrected chi connectivity index (χ4v) is 6.07. The normalized spacial score (nSPS) is 20.8. The van der Waals surface area contributed by atoms with Crippen molar-refractivity contribution in [1.29, 1.82) is 0 Å². The summed E-state index contributed by atoms with van der Waals surface area (Å²) in [5.74, 6) is 0.0203. The lowest BCUT2D eigenvalue weighted by Gasteiger charge is -2.29. The smallest absolute Gasteiger partial charge is 0.255 e. The molecule has 0 radical (unpaired) electrons. The van der Waals surface area contributed by atoms with Crippen LogP contribution in [0.2, 0.25) is 0 Å². The van der Waals surface area contributed by atoms with Crippen LogP contribution in [-0.4, -0.2) is 56.6 Å². The third-order valence-corrected chi connectivity index (χ3v) is 7.84. The second kappa shape index (κ2) is 8.66. The Balaban J connectivity index is 1.15. The summed E-state index contributed by atoms with van der Waals surface area (Å²) >= 11 is 1.65. The van der Waals surface area contributed by atoms with Crippen LogP contribution < -0.4 is 5.32 Å². The molecule has 1 N–H and O–H groups in total. The zero-order chi connectivity index (χ0) is 24.1. The van der Waals surface area contributed by atoms with E-state index >= 15 is 0 Å². The largest absolute Gasteiger partial charge is 0.322 e. The van der Waals surface area contributed by atoms with Crippen LogP contribution in [0.25, 0.3) is 15.8 Å². The van der Waals surface area contributed by atoms with Crippen molar-refractivity contribution in [3.63, 3.8) is 0 Å². The Morgan fingerprint density at radius 1 is 1.14 bits per heavy atom. The Kier molecular flexibility index (Phi) is 5.46. The number of carbonyl (C=O) groups is 3. The number of rotatable bonds is 4. The molecule has 1 saturated heterocycles. The molecule has 1 atom stereocenters. The summed E-state index contributed by atoms with van der Waals surface area (Å²) in [5, 5.41) is 5.55. The van der Waals surface area contributed by atoms with Crippen LogP contribution in [0.4, 0.5) is 0 Å². The highest BCUT2D eigenvalue weighted by molar-refractivity contribution is 7.16. The van der Waals surface area contributed by atoms with Gasteiger partial charge in [0.25, 0.3) is 5.91 Å². The lowest BCUT2D eigenvalue weighted by atomic mass is 10.0. The molecule has 0 saturated carbocycles. The van der Waals surface area contributed by atoms with Crippen LogP contribution in [0, 0.1) is 6.92 Å². The Hall–Kier alpha value is -3.43. The molecule has 3 aliphatic heterocycles. The van der Waals surface area contributed by atoms with Crippen molar-refractivity contribution in [2.75, 3.05) is 13.1 Å². The summed E-state index contributed by atoms with van der Waals surface area (Å²) in [7, 11) is 0. The summed E-state index contributed by atoms with van der Waals surface area (Å²) in [6, 6.07) is 7.49. The molecule has 0 aliphatic carbocycles. The van der Waals surface area contributed by atoms with Crippen LogP contribution in [-0.2, 0) is 22.7 Å². The molecule has 5 heterocycles. The van der Waals surface area contributed by atoms with Crippen molar-refractivity contribution in [3.05, 3.63) is 63.9 Å². The Bertz CT molecular complexity index is 1410. The van der Waals surface area contributed by atoms with Crippen molar-refractivity contribution < 1.29 is 14.4 Å². The number of hydrogen-bond acceptors (Lipinski definition) is 7. The maximum absolute atomic E-state index is 12.9. The maximum Gasteiger partial charge on any atom is 0.255 e. The molecule has 1 aromatic carbocycles. The predicted octanol–water partition coefficient (Wildman–Crippen LogP) is 3.05. The molecule has 9 heteroatoms. The molecule has 3 aliphatic rings. The van der Waals surface area contributed by atoms with E-state index in [1.165, 1.54) is 5.57 Å². The molecule has 35 heavy (non-hydrogen) atoms. The van der Waals surface area contributed by atoms with Crippen LogP contribution in [0.1, 0.15) is 52.3 Å². The van der Waals surface area contributed by atoms with Gasteiger partial charge in [-0.1, -0.05) is 18.2 Å². The highest BCUT2D eigenvalue weighted by atomic mass is 32.1. The van der Waals surface area contributed by atoms with E-state index in [4.69, 9.17) is 4.98 Å². The third-order valence-electron chi connectivity index (χ3n) is 7.03. The van der Waals surface area contributed by atoms with Gasteiger partial charge in [-0.15, -0.1) is 11.3 Å². The fraction of sp³-hybridized carbons (Fsp3) is 0.346. The Morgan fingerprint density at radius 3 is 2.83 bits per heavy atom. The van der Waals surface area contributed by atoms with E-state index in [2.05, 4.69) is 38.8 Å². The second-order valence-electron chi connectivity index (χ2n) is 9.36. The van der Waals surface area contributed by atoms with Gasteiger partial charge in [0.05, 0.1) is 5.69 Å². The van der Waals surface area contributed by atoms with Gasteiger partial charge in [-0.3, -0.25) is 24.6 Å². The van der Waals surface area contributed by atoms with Gasteiger partial charge in [0, 0.05) is 43.5 Å². The van der Waals surface area contributed by atoms with E-state index in [9.17, 15) is 14.4 Å². The Labute approximate surface area is 206 Å². The van der Waals surface area contributed by atoms with E-state index < -0.39 is 6.04 Å². The summed E-state index contributed by atoms with van der Waals surface area (Å²) < 4.78 is 0. The van der Waals surface area contributed by atoms with Crippen molar-refractivity contribution >= 4 is 44.8 Å². The highest BCUT2D eigenvalue weighted by Crippen LogP contribution is 2.31. The van der Waals surface area contributed by atoms with Crippen LogP contribution in [0.5, 0.6) is 0 Å². The summed E-state index contributed by atoms with van der Waals surface area (Å²) in [6.07, 6.45) is 3.83. The van der Waals surface area contributed by atoms with Gasteiger partial charge in [-0.25, -0.2) is 9.97 Å². The molecule has 2 aromatic heterocycles. The predicted molar refractivity (Wildman–Crippen MR) is 133 cm³/mol.